The summed E-state index contributed by atoms with van der Waals surface area (Å²) in [7, 11) is 1.87. The van der Waals surface area contributed by atoms with E-state index >= 15 is 0 Å². The molecule has 2 aromatic rings. The first kappa shape index (κ1) is 14.4. The lowest BCUT2D eigenvalue weighted by Gasteiger charge is -2.23. The van der Waals surface area contributed by atoms with Crippen LogP contribution in [0.1, 0.15) is 22.8 Å². The van der Waals surface area contributed by atoms with E-state index in [0.29, 0.717) is 12.1 Å². The molecule has 0 amide bonds. The second-order valence-electron chi connectivity index (χ2n) is 4.95. The first-order chi connectivity index (χ1) is 9.58. The number of hydrogen-bond donors (Lipinski definition) is 0. The number of likely N-dealkylation sites (N-methyl/N-ethyl adjacent to an activating group) is 1. The third-order valence-corrected chi connectivity index (χ3v) is 3.42. The topological polar surface area (TPSA) is 20.3 Å². The number of Topliss-reactive ketones (excluding diaryl/α,β-unsaturated/α-hetero) is 1. The molecule has 2 rings (SSSR count). The van der Waals surface area contributed by atoms with Gasteiger partial charge in [0.15, 0.2) is 5.78 Å². The van der Waals surface area contributed by atoms with Gasteiger partial charge in [-0.3, -0.25) is 9.69 Å². The van der Waals surface area contributed by atoms with Crippen LogP contribution in [0.2, 0.25) is 0 Å². The molecule has 0 N–H and O–H groups in total. The zero-order chi connectivity index (χ0) is 14.5. The monoisotopic (exact) mass is 271 g/mol. The smallest absolute Gasteiger partial charge is 0.179 e. The van der Waals surface area contributed by atoms with E-state index in [1.54, 1.807) is 6.07 Å². The quantitative estimate of drug-likeness (QED) is 0.775. The molecule has 0 bridgehead atoms. The lowest BCUT2D eigenvalue weighted by Crippen LogP contribution is -2.35. The molecule has 104 valence electrons. The summed E-state index contributed by atoms with van der Waals surface area (Å²) in [4.78, 5) is 14.2. The van der Waals surface area contributed by atoms with Gasteiger partial charge >= 0.3 is 0 Å². The number of rotatable bonds is 5. The SMILES string of the molecule is CC(C(=O)c1ccccc1)N(C)Cc1cccc(F)c1. The summed E-state index contributed by atoms with van der Waals surface area (Å²) in [5.74, 6) is -0.178. The predicted molar refractivity (Wildman–Crippen MR) is 78.1 cm³/mol. The standard InChI is InChI=1S/C17H18FNO/c1-13(17(20)15-8-4-3-5-9-15)19(2)12-14-7-6-10-16(18)11-14/h3-11,13H,12H2,1-2H3. The van der Waals surface area contributed by atoms with E-state index in [4.69, 9.17) is 0 Å². The Balaban J connectivity index is 2.05. The summed E-state index contributed by atoms with van der Waals surface area (Å²) in [6.45, 7) is 2.41. The fraction of sp³-hybridized carbons (Fsp3) is 0.235. The van der Waals surface area contributed by atoms with Crippen molar-refractivity contribution in [3.05, 3.63) is 71.5 Å². The second kappa shape index (κ2) is 6.44. The van der Waals surface area contributed by atoms with E-state index in [1.807, 2.05) is 55.3 Å². The first-order valence-electron chi connectivity index (χ1n) is 6.62. The molecule has 0 saturated heterocycles. The number of carbonyl (C=O) groups is 1. The van der Waals surface area contributed by atoms with E-state index in [-0.39, 0.29) is 17.6 Å². The molecule has 2 aromatic carbocycles. The highest BCUT2D eigenvalue weighted by atomic mass is 19.1. The van der Waals surface area contributed by atoms with Crippen LogP contribution in [0.25, 0.3) is 0 Å². The fourth-order valence-corrected chi connectivity index (χ4v) is 2.10. The molecule has 0 fully saturated rings. The highest BCUT2D eigenvalue weighted by Gasteiger charge is 2.19. The maximum atomic E-state index is 13.2. The molecule has 2 nitrogen and oxygen atoms in total. The van der Waals surface area contributed by atoms with Crippen molar-refractivity contribution in [1.29, 1.82) is 0 Å². The summed E-state index contributed by atoms with van der Waals surface area (Å²) in [6.07, 6.45) is 0. The number of ketones is 1. The van der Waals surface area contributed by atoms with Gasteiger partial charge in [0.05, 0.1) is 6.04 Å². The fourth-order valence-electron chi connectivity index (χ4n) is 2.10. The Bertz CT molecular complexity index is 583. The number of hydrogen-bond acceptors (Lipinski definition) is 2. The Morgan fingerprint density at radius 1 is 1.15 bits per heavy atom. The summed E-state index contributed by atoms with van der Waals surface area (Å²) in [5, 5.41) is 0. The number of benzene rings is 2. The Kier molecular flexibility index (Phi) is 4.64. The molecule has 20 heavy (non-hydrogen) atoms. The Labute approximate surface area is 118 Å². The number of halogens is 1. The highest BCUT2D eigenvalue weighted by molar-refractivity contribution is 5.99. The largest absolute Gasteiger partial charge is 0.292 e. The van der Waals surface area contributed by atoms with E-state index in [1.165, 1.54) is 12.1 Å². The average molecular weight is 271 g/mol. The minimum absolute atomic E-state index is 0.0736. The summed E-state index contributed by atoms with van der Waals surface area (Å²) in [5.41, 5.74) is 1.56. The molecule has 0 aliphatic rings. The van der Waals surface area contributed by atoms with Crippen molar-refractivity contribution in [2.45, 2.75) is 19.5 Å². The van der Waals surface area contributed by atoms with Gasteiger partial charge in [0, 0.05) is 12.1 Å². The van der Waals surface area contributed by atoms with Crippen LogP contribution in [0.3, 0.4) is 0 Å². The van der Waals surface area contributed by atoms with Gasteiger partial charge in [0.25, 0.3) is 0 Å². The van der Waals surface area contributed by atoms with Crippen LogP contribution in [-0.4, -0.2) is 23.8 Å². The van der Waals surface area contributed by atoms with Crippen LogP contribution in [0, 0.1) is 5.82 Å². The molecule has 0 radical (unpaired) electrons. The molecule has 0 saturated carbocycles. The summed E-state index contributed by atoms with van der Waals surface area (Å²) in [6, 6.07) is 15.4. The van der Waals surface area contributed by atoms with Gasteiger partial charge in [0.1, 0.15) is 5.82 Å². The van der Waals surface area contributed by atoms with Gasteiger partial charge in [0.2, 0.25) is 0 Å². The Morgan fingerprint density at radius 3 is 2.50 bits per heavy atom. The summed E-state index contributed by atoms with van der Waals surface area (Å²) >= 11 is 0. The molecule has 1 atom stereocenters. The highest BCUT2D eigenvalue weighted by Crippen LogP contribution is 2.12. The van der Waals surface area contributed by atoms with Gasteiger partial charge in [-0.1, -0.05) is 42.5 Å². The zero-order valence-electron chi connectivity index (χ0n) is 11.7. The average Bonchev–Trinajstić information content (AvgIpc) is 2.46. The van der Waals surface area contributed by atoms with Gasteiger partial charge in [-0.25, -0.2) is 4.39 Å². The van der Waals surface area contributed by atoms with Crippen molar-refractivity contribution in [2.24, 2.45) is 0 Å². The molecule has 1 unspecified atom stereocenters. The van der Waals surface area contributed by atoms with Crippen molar-refractivity contribution in [3.63, 3.8) is 0 Å². The molecule has 0 aliphatic carbocycles. The van der Waals surface area contributed by atoms with Crippen LogP contribution in [0.5, 0.6) is 0 Å². The van der Waals surface area contributed by atoms with Gasteiger partial charge in [-0.2, -0.15) is 0 Å². The van der Waals surface area contributed by atoms with Crippen LogP contribution in [-0.2, 0) is 6.54 Å². The van der Waals surface area contributed by atoms with Crippen molar-refractivity contribution in [1.82, 2.24) is 4.90 Å². The van der Waals surface area contributed by atoms with Gasteiger partial charge in [-0.15, -0.1) is 0 Å². The van der Waals surface area contributed by atoms with Crippen molar-refractivity contribution >= 4 is 5.78 Å². The lowest BCUT2D eigenvalue weighted by molar-refractivity contribution is 0.0862. The molecule has 0 aliphatic heterocycles. The maximum Gasteiger partial charge on any atom is 0.179 e. The molecular weight excluding hydrogens is 253 g/mol. The predicted octanol–water partition coefficient (Wildman–Crippen LogP) is 3.53. The first-order valence-corrected chi connectivity index (χ1v) is 6.62. The van der Waals surface area contributed by atoms with Crippen LogP contribution < -0.4 is 0 Å². The Morgan fingerprint density at radius 2 is 1.85 bits per heavy atom. The van der Waals surface area contributed by atoms with Gasteiger partial charge in [-0.05, 0) is 31.7 Å². The minimum Gasteiger partial charge on any atom is -0.292 e. The van der Waals surface area contributed by atoms with Crippen LogP contribution in [0.4, 0.5) is 4.39 Å². The molecule has 0 spiro atoms. The van der Waals surface area contributed by atoms with Crippen molar-refractivity contribution in [2.75, 3.05) is 7.05 Å². The number of carbonyl (C=O) groups excluding carboxylic acids is 1. The molecular formula is C17H18FNO. The third-order valence-electron chi connectivity index (χ3n) is 3.42. The summed E-state index contributed by atoms with van der Waals surface area (Å²) < 4.78 is 13.2. The Hall–Kier alpha value is -2.00. The molecule has 0 heterocycles. The number of nitrogens with zero attached hydrogens (tertiary/aromatic N) is 1. The lowest BCUT2D eigenvalue weighted by atomic mass is 10.0. The van der Waals surface area contributed by atoms with Crippen LogP contribution >= 0.6 is 0 Å². The van der Waals surface area contributed by atoms with Crippen LogP contribution in [0.15, 0.2) is 54.6 Å². The van der Waals surface area contributed by atoms with E-state index in [0.717, 1.165) is 5.56 Å². The maximum absolute atomic E-state index is 13.2. The minimum atomic E-state index is -0.252. The second-order valence-corrected chi connectivity index (χ2v) is 4.95. The van der Waals surface area contributed by atoms with Crippen molar-refractivity contribution < 1.29 is 9.18 Å². The zero-order valence-corrected chi connectivity index (χ0v) is 11.7. The normalized spacial score (nSPS) is 12.4. The molecule has 3 heteroatoms. The third kappa shape index (κ3) is 3.52. The van der Waals surface area contributed by atoms with Crippen molar-refractivity contribution in [3.8, 4) is 0 Å². The van der Waals surface area contributed by atoms with E-state index in [2.05, 4.69) is 0 Å². The van der Waals surface area contributed by atoms with E-state index < -0.39 is 0 Å². The molecule has 0 aromatic heterocycles. The van der Waals surface area contributed by atoms with E-state index in [9.17, 15) is 9.18 Å². The van der Waals surface area contributed by atoms with Gasteiger partial charge < -0.3 is 0 Å².